The molecule has 6 heteroatoms. The van der Waals surface area contributed by atoms with Crippen LogP contribution in [-0.2, 0) is 22.6 Å². The SMILES string of the molecule is NC(=O)CNC(=O)C1Cc2[nH]c3ccccc3c2CN1. The Morgan fingerprint density at radius 3 is 2.95 bits per heavy atom. The normalized spacial score (nSPS) is 17.7. The maximum atomic E-state index is 11.9. The number of nitrogens with one attached hydrogen (secondary N) is 3. The van der Waals surface area contributed by atoms with E-state index in [4.69, 9.17) is 5.73 Å². The molecule has 0 saturated heterocycles. The summed E-state index contributed by atoms with van der Waals surface area (Å²) in [7, 11) is 0. The van der Waals surface area contributed by atoms with E-state index in [9.17, 15) is 9.59 Å². The molecule has 1 aliphatic rings. The van der Waals surface area contributed by atoms with Crippen molar-refractivity contribution in [1.29, 1.82) is 0 Å². The Balaban J connectivity index is 1.78. The van der Waals surface area contributed by atoms with E-state index in [1.54, 1.807) is 0 Å². The summed E-state index contributed by atoms with van der Waals surface area (Å²) in [6.45, 7) is 0.505. The van der Waals surface area contributed by atoms with Crippen molar-refractivity contribution in [3.8, 4) is 0 Å². The smallest absolute Gasteiger partial charge is 0.237 e. The first-order chi connectivity index (χ1) is 9.65. The Morgan fingerprint density at radius 1 is 1.35 bits per heavy atom. The highest BCUT2D eigenvalue weighted by Gasteiger charge is 2.26. The molecule has 0 bridgehead atoms. The second kappa shape index (κ2) is 4.97. The van der Waals surface area contributed by atoms with Gasteiger partial charge in [-0.1, -0.05) is 18.2 Å². The number of aromatic amines is 1. The maximum Gasteiger partial charge on any atom is 0.237 e. The Bertz CT molecular complexity index is 677. The molecule has 5 N–H and O–H groups in total. The fourth-order valence-corrected chi connectivity index (χ4v) is 2.62. The van der Waals surface area contributed by atoms with Crippen LogP contribution in [-0.4, -0.2) is 29.4 Å². The number of hydrogen-bond donors (Lipinski definition) is 4. The molecule has 0 aliphatic carbocycles. The number of primary amides is 1. The molecule has 0 fully saturated rings. The maximum absolute atomic E-state index is 11.9. The van der Waals surface area contributed by atoms with Crippen molar-refractivity contribution in [3.63, 3.8) is 0 Å². The first-order valence-electron chi connectivity index (χ1n) is 6.53. The Kier molecular flexibility index (Phi) is 3.15. The number of para-hydroxylation sites is 1. The van der Waals surface area contributed by atoms with Gasteiger partial charge in [-0.15, -0.1) is 0 Å². The van der Waals surface area contributed by atoms with E-state index in [0.717, 1.165) is 11.2 Å². The number of benzene rings is 1. The fourth-order valence-electron chi connectivity index (χ4n) is 2.62. The van der Waals surface area contributed by atoms with Crippen LogP contribution in [0.3, 0.4) is 0 Å². The lowest BCUT2D eigenvalue weighted by Gasteiger charge is -2.23. The van der Waals surface area contributed by atoms with Crippen molar-refractivity contribution < 1.29 is 9.59 Å². The van der Waals surface area contributed by atoms with E-state index in [2.05, 4.69) is 21.7 Å². The summed E-state index contributed by atoms with van der Waals surface area (Å²) in [5, 5.41) is 6.91. The van der Waals surface area contributed by atoms with E-state index in [-0.39, 0.29) is 18.5 Å². The van der Waals surface area contributed by atoms with Crippen LogP contribution in [0, 0.1) is 0 Å². The molecule has 0 spiro atoms. The van der Waals surface area contributed by atoms with Crippen molar-refractivity contribution >= 4 is 22.7 Å². The van der Waals surface area contributed by atoms with Gasteiger partial charge in [0.1, 0.15) is 0 Å². The lowest BCUT2D eigenvalue weighted by Crippen LogP contribution is -2.49. The third-order valence-corrected chi connectivity index (χ3v) is 3.59. The summed E-state index contributed by atoms with van der Waals surface area (Å²) in [6, 6.07) is 7.74. The molecule has 1 aromatic carbocycles. The van der Waals surface area contributed by atoms with Crippen molar-refractivity contribution in [1.82, 2.24) is 15.6 Å². The number of carbonyl (C=O) groups excluding carboxylic acids is 2. The molecule has 3 rings (SSSR count). The van der Waals surface area contributed by atoms with Crippen LogP contribution >= 0.6 is 0 Å². The zero-order valence-corrected chi connectivity index (χ0v) is 10.9. The predicted molar refractivity (Wildman–Crippen MR) is 74.8 cm³/mol. The number of carbonyl (C=O) groups is 2. The molecular weight excluding hydrogens is 256 g/mol. The standard InChI is InChI=1S/C14H16N4O2/c15-13(19)7-17-14(20)12-5-11-9(6-16-12)8-3-1-2-4-10(8)18-11/h1-4,12,16,18H,5-7H2,(H2,15,19)(H,17,20). The zero-order chi connectivity index (χ0) is 14.1. The molecule has 0 saturated carbocycles. The number of aromatic nitrogens is 1. The third kappa shape index (κ3) is 2.25. The Morgan fingerprint density at radius 2 is 2.15 bits per heavy atom. The largest absolute Gasteiger partial charge is 0.368 e. The molecule has 1 aliphatic heterocycles. The van der Waals surface area contributed by atoms with Crippen molar-refractivity contribution in [3.05, 3.63) is 35.5 Å². The van der Waals surface area contributed by atoms with E-state index < -0.39 is 5.91 Å². The molecule has 2 aromatic rings. The minimum absolute atomic E-state index is 0.128. The van der Waals surface area contributed by atoms with Gasteiger partial charge in [0.15, 0.2) is 0 Å². The highest BCUT2D eigenvalue weighted by molar-refractivity contribution is 5.89. The highest BCUT2D eigenvalue weighted by atomic mass is 16.2. The van der Waals surface area contributed by atoms with E-state index in [0.29, 0.717) is 13.0 Å². The van der Waals surface area contributed by atoms with Gasteiger partial charge < -0.3 is 21.4 Å². The lowest BCUT2D eigenvalue weighted by molar-refractivity contribution is -0.126. The van der Waals surface area contributed by atoms with Gasteiger partial charge in [-0.2, -0.15) is 0 Å². The predicted octanol–water partition coefficient (Wildman–Crippen LogP) is -0.216. The average molecular weight is 272 g/mol. The van der Waals surface area contributed by atoms with E-state index in [1.165, 1.54) is 10.9 Å². The van der Waals surface area contributed by atoms with Gasteiger partial charge in [0, 0.05) is 29.6 Å². The second-order valence-corrected chi connectivity index (χ2v) is 4.95. The molecule has 1 atom stereocenters. The van der Waals surface area contributed by atoms with Crippen molar-refractivity contribution in [2.24, 2.45) is 5.73 Å². The first-order valence-corrected chi connectivity index (χ1v) is 6.53. The summed E-state index contributed by atoms with van der Waals surface area (Å²) in [5.41, 5.74) is 8.38. The van der Waals surface area contributed by atoms with Crippen LogP contribution in [0.4, 0.5) is 0 Å². The summed E-state index contributed by atoms with van der Waals surface area (Å²) in [4.78, 5) is 26.0. The quantitative estimate of drug-likeness (QED) is 0.621. The summed E-state index contributed by atoms with van der Waals surface area (Å²) < 4.78 is 0. The first kappa shape index (κ1) is 12.7. The number of fused-ring (bicyclic) bond motifs is 3. The van der Waals surface area contributed by atoms with Crippen LogP contribution in [0.25, 0.3) is 10.9 Å². The molecule has 2 heterocycles. The number of H-pyrrole nitrogens is 1. The van der Waals surface area contributed by atoms with E-state index >= 15 is 0 Å². The summed E-state index contributed by atoms with van der Waals surface area (Å²) in [5.74, 6) is -0.742. The van der Waals surface area contributed by atoms with Crippen LogP contribution in [0.15, 0.2) is 24.3 Å². The van der Waals surface area contributed by atoms with Gasteiger partial charge in [-0.25, -0.2) is 0 Å². The number of rotatable bonds is 3. The molecule has 2 amide bonds. The van der Waals surface area contributed by atoms with Gasteiger partial charge in [0.2, 0.25) is 11.8 Å². The van der Waals surface area contributed by atoms with Gasteiger partial charge in [0.05, 0.1) is 12.6 Å². The van der Waals surface area contributed by atoms with Gasteiger partial charge in [-0.05, 0) is 11.6 Å². The highest BCUT2D eigenvalue weighted by Crippen LogP contribution is 2.25. The zero-order valence-electron chi connectivity index (χ0n) is 10.9. The second-order valence-electron chi connectivity index (χ2n) is 4.95. The Hall–Kier alpha value is -2.34. The van der Waals surface area contributed by atoms with Crippen LogP contribution < -0.4 is 16.4 Å². The van der Waals surface area contributed by atoms with E-state index in [1.807, 2.05) is 18.2 Å². The number of nitrogens with two attached hydrogens (primary N) is 1. The Labute approximate surface area is 115 Å². The van der Waals surface area contributed by atoms with Gasteiger partial charge in [-0.3, -0.25) is 9.59 Å². The topological polar surface area (TPSA) is 100 Å². The monoisotopic (exact) mass is 272 g/mol. The number of hydrogen-bond acceptors (Lipinski definition) is 3. The third-order valence-electron chi connectivity index (χ3n) is 3.59. The van der Waals surface area contributed by atoms with Crippen molar-refractivity contribution in [2.75, 3.05) is 6.54 Å². The molecular formula is C14H16N4O2. The number of amides is 2. The van der Waals surface area contributed by atoms with Gasteiger partial charge in [0.25, 0.3) is 0 Å². The van der Waals surface area contributed by atoms with Crippen LogP contribution in [0.5, 0.6) is 0 Å². The summed E-state index contributed by atoms with van der Waals surface area (Å²) >= 11 is 0. The van der Waals surface area contributed by atoms with Crippen molar-refractivity contribution in [2.45, 2.75) is 19.0 Å². The minimum atomic E-state index is -0.541. The van der Waals surface area contributed by atoms with Gasteiger partial charge >= 0.3 is 0 Å². The lowest BCUT2D eigenvalue weighted by atomic mass is 10.00. The molecule has 20 heavy (non-hydrogen) atoms. The molecule has 1 aromatic heterocycles. The average Bonchev–Trinajstić information content (AvgIpc) is 2.82. The minimum Gasteiger partial charge on any atom is -0.368 e. The molecule has 1 unspecified atom stereocenters. The van der Waals surface area contributed by atoms with Crippen LogP contribution in [0.1, 0.15) is 11.3 Å². The molecule has 0 radical (unpaired) electrons. The molecule has 6 nitrogen and oxygen atoms in total. The van der Waals surface area contributed by atoms with Crippen LogP contribution in [0.2, 0.25) is 0 Å². The fraction of sp³-hybridized carbons (Fsp3) is 0.286. The summed E-state index contributed by atoms with van der Waals surface area (Å²) in [6.07, 6.45) is 0.578. The molecule has 104 valence electrons.